The Morgan fingerprint density at radius 1 is 1.43 bits per heavy atom. The minimum Gasteiger partial charge on any atom is -0.481 e. The quantitative estimate of drug-likeness (QED) is 0.857. The molecule has 8 heteroatoms. The molecule has 2 aromatic rings. The first-order valence-corrected chi connectivity index (χ1v) is 7.94. The summed E-state index contributed by atoms with van der Waals surface area (Å²) in [5.74, 6) is 2.61. The van der Waals surface area contributed by atoms with Crippen molar-refractivity contribution in [3.05, 3.63) is 24.0 Å². The van der Waals surface area contributed by atoms with E-state index in [1.807, 2.05) is 6.92 Å². The highest BCUT2D eigenvalue weighted by Gasteiger charge is 2.22. The van der Waals surface area contributed by atoms with Gasteiger partial charge in [0.15, 0.2) is 5.82 Å². The van der Waals surface area contributed by atoms with Crippen molar-refractivity contribution < 1.29 is 9.26 Å². The molecule has 0 aromatic carbocycles. The van der Waals surface area contributed by atoms with Crippen LogP contribution in [0.25, 0.3) is 0 Å². The molecule has 1 fully saturated rings. The molecule has 3 heterocycles. The lowest BCUT2D eigenvalue weighted by Gasteiger charge is -2.32. The predicted octanol–water partition coefficient (Wildman–Crippen LogP) is 1.51. The summed E-state index contributed by atoms with van der Waals surface area (Å²) < 4.78 is 10.3. The molecular formula is C15H22N6O2. The van der Waals surface area contributed by atoms with Crippen LogP contribution in [0.3, 0.4) is 0 Å². The number of nitrogens with zero attached hydrogens (tertiary/aromatic N) is 5. The third-order valence-electron chi connectivity index (χ3n) is 3.86. The van der Waals surface area contributed by atoms with Crippen LogP contribution in [0.15, 0.2) is 16.8 Å². The first kappa shape index (κ1) is 15.7. The maximum atomic E-state index is 5.17. The van der Waals surface area contributed by atoms with Gasteiger partial charge in [0.2, 0.25) is 17.7 Å². The van der Waals surface area contributed by atoms with Crippen molar-refractivity contribution in [1.82, 2.24) is 25.0 Å². The lowest BCUT2D eigenvalue weighted by molar-refractivity contribution is 0.201. The zero-order valence-electron chi connectivity index (χ0n) is 13.5. The molecule has 1 aliphatic rings. The van der Waals surface area contributed by atoms with Crippen molar-refractivity contribution in [2.45, 2.75) is 38.8 Å². The summed E-state index contributed by atoms with van der Waals surface area (Å²) in [6, 6.07) is 2.04. The van der Waals surface area contributed by atoms with Gasteiger partial charge in [-0.05, 0) is 19.4 Å². The highest BCUT2D eigenvalue weighted by molar-refractivity contribution is 5.29. The normalized spacial score (nSPS) is 18.8. The van der Waals surface area contributed by atoms with Gasteiger partial charge in [-0.1, -0.05) is 12.1 Å². The molecule has 23 heavy (non-hydrogen) atoms. The average molecular weight is 318 g/mol. The molecule has 1 atom stereocenters. The second-order valence-corrected chi connectivity index (χ2v) is 5.60. The number of ether oxygens (including phenoxy) is 1. The van der Waals surface area contributed by atoms with Gasteiger partial charge in [-0.25, -0.2) is 4.98 Å². The highest BCUT2D eigenvalue weighted by Crippen LogP contribution is 2.16. The van der Waals surface area contributed by atoms with Crippen LogP contribution < -0.4 is 10.1 Å². The second kappa shape index (κ2) is 7.36. The zero-order valence-corrected chi connectivity index (χ0v) is 13.5. The van der Waals surface area contributed by atoms with Crippen molar-refractivity contribution in [3.8, 4) is 5.88 Å². The number of aryl methyl sites for hydroxylation is 1. The van der Waals surface area contributed by atoms with Crippen LogP contribution in [0.4, 0.5) is 5.95 Å². The van der Waals surface area contributed by atoms with E-state index >= 15 is 0 Å². The fourth-order valence-corrected chi connectivity index (χ4v) is 2.72. The van der Waals surface area contributed by atoms with Crippen LogP contribution in [-0.2, 0) is 13.0 Å². The summed E-state index contributed by atoms with van der Waals surface area (Å²) in [6.07, 6.45) is 4.66. The van der Waals surface area contributed by atoms with Gasteiger partial charge in [0.05, 0.1) is 13.7 Å². The molecule has 0 spiro atoms. The summed E-state index contributed by atoms with van der Waals surface area (Å²) >= 11 is 0. The molecule has 0 aliphatic carbocycles. The molecule has 0 amide bonds. The van der Waals surface area contributed by atoms with Gasteiger partial charge >= 0.3 is 0 Å². The van der Waals surface area contributed by atoms with Gasteiger partial charge in [0.1, 0.15) is 0 Å². The minimum atomic E-state index is 0.299. The van der Waals surface area contributed by atoms with Crippen LogP contribution in [-0.4, -0.2) is 51.2 Å². The van der Waals surface area contributed by atoms with Crippen molar-refractivity contribution in [3.63, 3.8) is 0 Å². The summed E-state index contributed by atoms with van der Waals surface area (Å²) in [7, 11) is 1.60. The molecule has 0 saturated carbocycles. The van der Waals surface area contributed by atoms with Crippen LogP contribution in [0.1, 0.15) is 31.5 Å². The number of hydrogen-bond donors (Lipinski definition) is 1. The molecule has 1 aliphatic heterocycles. The Kier molecular flexibility index (Phi) is 5.02. The first-order valence-electron chi connectivity index (χ1n) is 7.94. The Labute approximate surface area is 135 Å². The molecule has 0 bridgehead atoms. The van der Waals surface area contributed by atoms with E-state index in [2.05, 4.69) is 30.3 Å². The standard InChI is InChI=1S/C15H22N6O2/c1-3-13-18-12(20-23-13)10-21-8-4-5-11(9-21)17-15-16-7-6-14(19-15)22-2/h6-7,11H,3-5,8-10H2,1-2H3,(H,16,17,19). The Morgan fingerprint density at radius 2 is 2.35 bits per heavy atom. The van der Waals surface area contributed by atoms with Crippen LogP contribution in [0.5, 0.6) is 5.88 Å². The number of aromatic nitrogens is 4. The van der Waals surface area contributed by atoms with Gasteiger partial charge in [-0.2, -0.15) is 9.97 Å². The number of rotatable bonds is 6. The third-order valence-corrected chi connectivity index (χ3v) is 3.86. The van der Waals surface area contributed by atoms with E-state index in [0.717, 1.165) is 38.2 Å². The summed E-state index contributed by atoms with van der Waals surface area (Å²) in [5.41, 5.74) is 0. The molecule has 3 rings (SSSR count). The number of piperidine rings is 1. The van der Waals surface area contributed by atoms with Gasteiger partial charge < -0.3 is 14.6 Å². The van der Waals surface area contributed by atoms with Gasteiger partial charge in [0, 0.05) is 31.3 Å². The van der Waals surface area contributed by atoms with Gasteiger partial charge in [-0.3, -0.25) is 4.90 Å². The topological polar surface area (TPSA) is 89.2 Å². The number of methoxy groups -OCH3 is 1. The maximum absolute atomic E-state index is 5.17. The number of anilines is 1. The Balaban J connectivity index is 1.57. The van der Waals surface area contributed by atoms with Crippen molar-refractivity contribution in [1.29, 1.82) is 0 Å². The van der Waals surface area contributed by atoms with Crippen LogP contribution in [0, 0.1) is 0 Å². The maximum Gasteiger partial charge on any atom is 0.226 e. The van der Waals surface area contributed by atoms with E-state index in [1.165, 1.54) is 0 Å². The molecule has 1 N–H and O–H groups in total. The van der Waals surface area contributed by atoms with E-state index in [0.29, 0.717) is 30.3 Å². The minimum absolute atomic E-state index is 0.299. The Bertz CT molecular complexity index is 632. The summed E-state index contributed by atoms with van der Waals surface area (Å²) in [6.45, 7) is 4.65. The third kappa shape index (κ3) is 4.16. The van der Waals surface area contributed by atoms with Gasteiger partial charge in [0.25, 0.3) is 0 Å². The smallest absolute Gasteiger partial charge is 0.226 e. The van der Waals surface area contributed by atoms with E-state index in [1.54, 1.807) is 19.4 Å². The van der Waals surface area contributed by atoms with E-state index in [4.69, 9.17) is 9.26 Å². The van der Waals surface area contributed by atoms with Crippen molar-refractivity contribution >= 4 is 5.95 Å². The fraction of sp³-hybridized carbons (Fsp3) is 0.600. The fourth-order valence-electron chi connectivity index (χ4n) is 2.72. The lowest BCUT2D eigenvalue weighted by atomic mass is 10.1. The number of hydrogen-bond acceptors (Lipinski definition) is 8. The SMILES string of the molecule is CCc1nc(CN2CCCC(Nc3nccc(OC)n3)C2)no1. The molecule has 0 radical (unpaired) electrons. The number of likely N-dealkylation sites (tertiary alicyclic amines) is 1. The van der Waals surface area contributed by atoms with Crippen molar-refractivity contribution in [2.24, 2.45) is 0 Å². The van der Waals surface area contributed by atoms with E-state index < -0.39 is 0 Å². The molecule has 8 nitrogen and oxygen atoms in total. The second-order valence-electron chi connectivity index (χ2n) is 5.60. The largest absolute Gasteiger partial charge is 0.481 e. The molecule has 1 saturated heterocycles. The van der Waals surface area contributed by atoms with E-state index in [-0.39, 0.29) is 0 Å². The lowest BCUT2D eigenvalue weighted by Crippen LogP contribution is -2.42. The molecular weight excluding hydrogens is 296 g/mol. The van der Waals surface area contributed by atoms with Crippen LogP contribution >= 0.6 is 0 Å². The van der Waals surface area contributed by atoms with Crippen molar-refractivity contribution in [2.75, 3.05) is 25.5 Å². The Morgan fingerprint density at radius 3 is 3.13 bits per heavy atom. The molecule has 124 valence electrons. The first-order chi connectivity index (χ1) is 11.3. The summed E-state index contributed by atoms with van der Waals surface area (Å²) in [5, 5.41) is 7.40. The van der Waals surface area contributed by atoms with Gasteiger partial charge in [-0.15, -0.1) is 0 Å². The average Bonchev–Trinajstić information content (AvgIpc) is 3.03. The Hall–Kier alpha value is -2.22. The predicted molar refractivity (Wildman–Crippen MR) is 84.2 cm³/mol. The van der Waals surface area contributed by atoms with E-state index in [9.17, 15) is 0 Å². The highest BCUT2D eigenvalue weighted by atomic mass is 16.5. The summed E-state index contributed by atoms with van der Waals surface area (Å²) in [4.78, 5) is 15.2. The number of nitrogens with one attached hydrogen (secondary N) is 1. The van der Waals surface area contributed by atoms with Crippen LogP contribution in [0.2, 0.25) is 0 Å². The molecule has 2 aromatic heterocycles. The molecule has 1 unspecified atom stereocenters. The monoisotopic (exact) mass is 318 g/mol. The zero-order chi connectivity index (χ0) is 16.1.